The highest BCUT2D eigenvalue weighted by Crippen LogP contribution is 2.20. The predicted octanol–water partition coefficient (Wildman–Crippen LogP) is 1.60. The highest BCUT2D eigenvalue weighted by Gasteiger charge is 2.18. The first kappa shape index (κ1) is 11.4. The predicted molar refractivity (Wildman–Crippen MR) is 67.0 cm³/mol. The molecule has 2 rings (SSSR count). The van der Waals surface area contributed by atoms with Crippen molar-refractivity contribution in [2.24, 2.45) is 0 Å². The Morgan fingerprint density at radius 1 is 1.12 bits per heavy atom. The molecule has 88 valence electrons. The maximum absolute atomic E-state index is 11.4. The van der Waals surface area contributed by atoms with Gasteiger partial charge < -0.3 is 10.1 Å². The first-order valence-electron chi connectivity index (χ1n) is 5.40. The molecule has 0 radical (unpaired) electrons. The second-order valence-corrected chi connectivity index (χ2v) is 3.72. The van der Waals surface area contributed by atoms with Gasteiger partial charge in [0.15, 0.2) is 0 Å². The summed E-state index contributed by atoms with van der Waals surface area (Å²) >= 11 is 0. The van der Waals surface area contributed by atoms with E-state index in [-0.39, 0.29) is 5.43 Å². The summed E-state index contributed by atoms with van der Waals surface area (Å²) in [4.78, 5) is 22.6. The molecule has 1 N–H and O–H groups in total. The molecular formula is C13H13NO3. The summed E-state index contributed by atoms with van der Waals surface area (Å²) in [5, 5.41) is 2.96. The molecule has 4 heteroatoms. The maximum Gasteiger partial charge on any atom is 0.249 e. The van der Waals surface area contributed by atoms with Gasteiger partial charge in [0.25, 0.3) is 0 Å². The number of ether oxygens (including phenoxy) is 1. The normalized spacial score (nSPS) is 10.5. The molecule has 0 amide bonds. The number of hydrogen-bond acceptors (Lipinski definition) is 4. The van der Waals surface area contributed by atoms with Gasteiger partial charge in [-0.05, 0) is 30.7 Å². The highest BCUT2D eigenvalue weighted by atomic mass is 16.5. The van der Waals surface area contributed by atoms with E-state index in [0.29, 0.717) is 17.7 Å². The fourth-order valence-corrected chi connectivity index (χ4v) is 1.73. The van der Waals surface area contributed by atoms with Gasteiger partial charge in [-0.15, -0.1) is 0 Å². The van der Waals surface area contributed by atoms with E-state index in [1.165, 1.54) is 0 Å². The van der Waals surface area contributed by atoms with Gasteiger partial charge >= 0.3 is 0 Å². The number of hydrogen-bond donors (Lipinski definition) is 1. The van der Waals surface area contributed by atoms with Gasteiger partial charge in [0.05, 0.1) is 12.8 Å². The van der Waals surface area contributed by atoms with Crippen LogP contribution in [0.5, 0.6) is 5.75 Å². The van der Waals surface area contributed by atoms with E-state index in [4.69, 9.17) is 4.74 Å². The van der Waals surface area contributed by atoms with E-state index in [9.17, 15) is 9.59 Å². The molecular weight excluding hydrogens is 218 g/mol. The molecule has 2 aromatic rings. The van der Waals surface area contributed by atoms with Crippen molar-refractivity contribution < 1.29 is 4.74 Å². The third-order valence-electron chi connectivity index (χ3n) is 2.72. The zero-order valence-corrected chi connectivity index (χ0v) is 9.74. The standard InChI is InChI=1S/C13H13NO3/c1-3-10-11(13(16)12(10)15)14-8-4-6-9(17-2)7-5-8/h4-7,14H,3H2,1-2H3. The van der Waals surface area contributed by atoms with Gasteiger partial charge in [0.1, 0.15) is 5.75 Å². The third-order valence-corrected chi connectivity index (χ3v) is 2.72. The molecule has 0 aliphatic carbocycles. The van der Waals surface area contributed by atoms with Gasteiger partial charge in [-0.3, -0.25) is 9.59 Å². The van der Waals surface area contributed by atoms with Crippen molar-refractivity contribution in [3.05, 3.63) is 50.3 Å². The van der Waals surface area contributed by atoms with E-state index >= 15 is 0 Å². The quantitative estimate of drug-likeness (QED) is 0.812. The Labute approximate surface area is 98.5 Å². The van der Waals surface area contributed by atoms with E-state index < -0.39 is 5.43 Å². The molecule has 4 nitrogen and oxygen atoms in total. The molecule has 0 saturated carbocycles. The first-order valence-corrected chi connectivity index (χ1v) is 5.40. The molecule has 0 heterocycles. The fourth-order valence-electron chi connectivity index (χ4n) is 1.73. The third kappa shape index (κ3) is 1.93. The highest BCUT2D eigenvalue weighted by molar-refractivity contribution is 5.66. The van der Waals surface area contributed by atoms with Crippen LogP contribution >= 0.6 is 0 Å². The molecule has 2 aromatic carbocycles. The SMILES string of the molecule is CCc1c(Nc2ccc(OC)cc2)c(=O)c1=O. The van der Waals surface area contributed by atoms with E-state index in [0.717, 1.165) is 11.4 Å². The number of anilines is 2. The van der Waals surface area contributed by atoms with Crippen LogP contribution in [0, 0.1) is 0 Å². The maximum atomic E-state index is 11.4. The summed E-state index contributed by atoms with van der Waals surface area (Å²) < 4.78 is 5.03. The van der Waals surface area contributed by atoms with Gasteiger partial charge in [-0.1, -0.05) is 6.92 Å². The molecule has 17 heavy (non-hydrogen) atoms. The van der Waals surface area contributed by atoms with Crippen LogP contribution in [0.25, 0.3) is 0 Å². The van der Waals surface area contributed by atoms with Crippen molar-refractivity contribution in [3.8, 4) is 5.75 Å². The minimum atomic E-state index is -0.433. The summed E-state index contributed by atoms with van der Waals surface area (Å²) in [6.45, 7) is 1.86. The Morgan fingerprint density at radius 3 is 2.29 bits per heavy atom. The summed E-state index contributed by atoms with van der Waals surface area (Å²) in [6.07, 6.45) is 0.572. The van der Waals surface area contributed by atoms with Crippen LogP contribution < -0.4 is 20.9 Å². The second-order valence-electron chi connectivity index (χ2n) is 3.72. The van der Waals surface area contributed by atoms with Crippen molar-refractivity contribution >= 4 is 11.4 Å². The number of methoxy groups -OCH3 is 1. The topological polar surface area (TPSA) is 55.4 Å². The van der Waals surface area contributed by atoms with Crippen molar-refractivity contribution in [1.82, 2.24) is 0 Å². The Morgan fingerprint density at radius 2 is 1.76 bits per heavy atom. The number of benzene rings is 1. The molecule has 0 spiro atoms. The molecule has 0 aliphatic heterocycles. The zero-order chi connectivity index (χ0) is 12.4. The largest absolute Gasteiger partial charge is 0.497 e. The fraction of sp³-hybridized carbons (Fsp3) is 0.231. The van der Waals surface area contributed by atoms with Crippen LogP contribution in [0.3, 0.4) is 0 Å². The molecule has 0 saturated heterocycles. The van der Waals surface area contributed by atoms with Crippen molar-refractivity contribution in [2.45, 2.75) is 13.3 Å². The van der Waals surface area contributed by atoms with Gasteiger partial charge in [-0.2, -0.15) is 0 Å². The Kier molecular flexibility index (Phi) is 2.95. The lowest BCUT2D eigenvalue weighted by Crippen LogP contribution is -2.37. The Bertz CT molecular complexity index is 592. The van der Waals surface area contributed by atoms with Gasteiger partial charge in [0.2, 0.25) is 10.9 Å². The van der Waals surface area contributed by atoms with Crippen LogP contribution in [0.1, 0.15) is 12.5 Å². The summed E-state index contributed by atoms with van der Waals surface area (Å²) in [5.41, 5.74) is 0.960. The smallest absolute Gasteiger partial charge is 0.249 e. The molecule has 0 atom stereocenters. The minimum Gasteiger partial charge on any atom is -0.497 e. The lowest BCUT2D eigenvalue weighted by molar-refractivity contribution is 0.415. The Hall–Kier alpha value is -2.10. The molecule has 0 bridgehead atoms. The number of rotatable bonds is 4. The van der Waals surface area contributed by atoms with Crippen molar-refractivity contribution in [1.29, 1.82) is 0 Å². The van der Waals surface area contributed by atoms with E-state index in [1.807, 2.05) is 6.92 Å². The molecule has 0 unspecified atom stereocenters. The van der Waals surface area contributed by atoms with E-state index in [2.05, 4.69) is 5.32 Å². The van der Waals surface area contributed by atoms with Crippen LogP contribution in [0.2, 0.25) is 0 Å². The summed E-state index contributed by atoms with van der Waals surface area (Å²) in [5.74, 6) is 0.747. The molecule has 0 aromatic heterocycles. The monoisotopic (exact) mass is 231 g/mol. The van der Waals surface area contributed by atoms with Crippen LogP contribution in [0.4, 0.5) is 11.4 Å². The van der Waals surface area contributed by atoms with E-state index in [1.54, 1.807) is 31.4 Å². The molecule has 0 aliphatic rings. The first-order chi connectivity index (χ1) is 8.17. The average molecular weight is 231 g/mol. The van der Waals surface area contributed by atoms with Gasteiger partial charge in [-0.25, -0.2) is 0 Å². The van der Waals surface area contributed by atoms with Crippen LogP contribution in [0.15, 0.2) is 33.9 Å². The average Bonchev–Trinajstić information content (AvgIpc) is 2.38. The number of nitrogens with one attached hydrogen (secondary N) is 1. The summed E-state index contributed by atoms with van der Waals surface area (Å²) in [7, 11) is 1.59. The Balaban J connectivity index is 2.23. The van der Waals surface area contributed by atoms with Crippen LogP contribution in [-0.2, 0) is 6.42 Å². The van der Waals surface area contributed by atoms with Crippen LogP contribution in [-0.4, -0.2) is 7.11 Å². The summed E-state index contributed by atoms with van der Waals surface area (Å²) in [6, 6.07) is 7.18. The minimum absolute atomic E-state index is 0.372. The lowest BCUT2D eigenvalue weighted by atomic mass is 10.0. The second kappa shape index (κ2) is 4.41. The zero-order valence-electron chi connectivity index (χ0n) is 9.74. The molecule has 0 fully saturated rings. The van der Waals surface area contributed by atoms with Crippen molar-refractivity contribution in [2.75, 3.05) is 12.4 Å². The van der Waals surface area contributed by atoms with Crippen molar-refractivity contribution in [3.63, 3.8) is 0 Å². The van der Waals surface area contributed by atoms with Gasteiger partial charge in [0, 0.05) is 11.3 Å². The lowest BCUT2D eigenvalue weighted by Gasteiger charge is -2.12.